The molecule has 0 amide bonds. The summed E-state index contributed by atoms with van der Waals surface area (Å²) in [5.74, 6) is 1.07. The molecular formula is C61H84N2O10Si. The monoisotopic (exact) mass is 1030 g/mol. The van der Waals surface area contributed by atoms with E-state index in [2.05, 4.69) is 40.8 Å². The predicted octanol–water partition coefficient (Wildman–Crippen LogP) is 12.9. The van der Waals surface area contributed by atoms with Crippen LogP contribution in [0, 0.1) is 13.8 Å². The fourth-order valence-corrected chi connectivity index (χ4v) is 10.9. The van der Waals surface area contributed by atoms with Gasteiger partial charge in [-0.25, -0.2) is 4.79 Å². The minimum atomic E-state index is -2.69. The Hall–Kier alpha value is -5.31. The van der Waals surface area contributed by atoms with Crippen molar-refractivity contribution < 1.29 is 38.0 Å². The number of nitrogens with zero attached hydrogens (tertiary/aromatic N) is 2. The molecule has 402 valence electrons. The summed E-state index contributed by atoms with van der Waals surface area (Å²) in [6.45, 7) is 16.8. The van der Waals surface area contributed by atoms with Gasteiger partial charge < -0.3 is 33.2 Å². The van der Waals surface area contributed by atoms with Gasteiger partial charge in [-0.2, -0.15) is 4.57 Å². The highest BCUT2D eigenvalue weighted by Gasteiger charge is 2.52. The van der Waals surface area contributed by atoms with E-state index in [-0.39, 0.29) is 17.2 Å². The topological polar surface area (TPSA) is 137 Å². The van der Waals surface area contributed by atoms with Crippen LogP contribution in [0.2, 0.25) is 18.1 Å². The highest BCUT2D eigenvalue weighted by atomic mass is 28.4. The third kappa shape index (κ3) is 14.1. The van der Waals surface area contributed by atoms with Crippen molar-refractivity contribution in [3.05, 3.63) is 157 Å². The van der Waals surface area contributed by atoms with Crippen molar-refractivity contribution in [2.24, 2.45) is 0 Å². The third-order valence-electron chi connectivity index (χ3n) is 15.3. The lowest BCUT2D eigenvalue weighted by molar-refractivity contribution is -0.0958. The number of hydrogen-bond acceptors (Lipinski definition) is 10. The van der Waals surface area contributed by atoms with Crippen LogP contribution < -0.4 is 25.5 Å². The highest BCUT2D eigenvalue weighted by Crippen LogP contribution is 2.45. The van der Waals surface area contributed by atoms with Crippen LogP contribution in [-0.4, -0.2) is 74.2 Å². The van der Waals surface area contributed by atoms with Crippen LogP contribution in [0.4, 0.5) is 0 Å². The molecule has 0 bridgehead atoms. The van der Waals surface area contributed by atoms with E-state index in [0.29, 0.717) is 28.4 Å². The number of aryl methyl sites for hydroxylation is 1. The molecule has 4 aromatic carbocycles. The Morgan fingerprint density at radius 2 is 1.22 bits per heavy atom. The van der Waals surface area contributed by atoms with Gasteiger partial charge in [-0.05, 0) is 103 Å². The van der Waals surface area contributed by atoms with Crippen molar-refractivity contribution in [3.63, 3.8) is 0 Å². The summed E-state index contributed by atoms with van der Waals surface area (Å²) >= 11 is 0. The van der Waals surface area contributed by atoms with Crippen molar-refractivity contribution in [2.75, 3.05) is 27.4 Å². The van der Waals surface area contributed by atoms with E-state index in [1.165, 1.54) is 87.5 Å². The van der Waals surface area contributed by atoms with Crippen LogP contribution in [0.5, 0.6) is 17.2 Å². The molecule has 13 heteroatoms. The zero-order valence-electron chi connectivity index (χ0n) is 46.0. The van der Waals surface area contributed by atoms with Gasteiger partial charge in [0, 0.05) is 17.8 Å². The number of carbonyl (C=O) groups is 1. The van der Waals surface area contributed by atoms with E-state index in [4.69, 9.17) is 28.1 Å². The van der Waals surface area contributed by atoms with E-state index >= 15 is 0 Å². The Morgan fingerprint density at radius 1 is 0.703 bits per heavy atom. The molecule has 1 N–H and O–H groups in total. The number of rotatable bonds is 28. The first kappa shape index (κ1) is 58.0. The van der Waals surface area contributed by atoms with Gasteiger partial charge in [0.2, 0.25) is 0 Å². The number of aliphatic hydroxyl groups is 1. The Kier molecular flexibility index (Phi) is 21.1. The quantitative estimate of drug-likeness (QED) is 0.0293. The van der Waals surface area contributed by atoms with Crippen LogP contribution >= 0.6 is 0 Å². The zero-order valence-corrected chi connectivity index (χ0v) is 47.0. The van der Waals surface area contributed by atoms with Gasteiger partial charge in [0.1, 0.15) is 41.2 Å². The summed E-state index contributed by atoms with van der Waals surface area (Å²) in [6, 6.07) is 29.5. The molecule has 1 unspecified atom stereocenters. The van der Waals surface area contributed by atoms with Gasteiger partial charge in [-0.3, -0.25) is 14.2 Å². The Bertz CT molecular complexity index is 2610. The van der Waals surface area contributed by atoms with Gasteiger partial charge in [0.15, 0.2) is 14.5 Å². The second kappa shape index (κ2) is 26.9. The lowest BCUT2D eigenvalue weighted by Crippen LogP contribution is -2.51. The fourth-order valence-electron chi connectivity index (χ4n) is 9.59. The number of ether oxygens (including phenoxy) is 5. The van der Waals surface area contributed by atoms with Crippen LogP contribution in [-0.2, 0) is 19.5 Å². The van der Waals surface area contributed by atoms with E-state index in [9.17, 15) is 19.5 Å². The Morgan fingerprint density at radius 3 is 1.73 bits per heavy atom. The number of aromatic nitrogens is 2. The molecule has 1 aliphatic rings. The molecule has 6 rings (SSSR count). The molecule has 2 heterocycles. The molecule has 1 saturated heterocycles. The number of carbonyl (C=O) groups excluding carboxylic acids is 1. The molecular weight excluding hydrogens is 949 g/mol. The number of aliphatic hydroxyl groups excluding tert-OH is 1. The third-order valence-corrected chi connectivity index (χ3v) is 19.8. The lowest BCUT2D eigenvalue weighted by Gasteiger charge is -2.40. The highest BCUT2D eigenvalue weighted by molar-refractivity contribution is 6.74. The molecule has 5 aromatic rings. The van der Waals surface area contributed by atoms with Gasteiger partial charge in [0.05, 0.1) is 27.4 Å². The molecule has 74 heavy (non-hydrogen) atoms. The standard InChI is InChI=1S/C61H84N2O10Si/c1-11-12-13-14-15-16-17-18-19-20-21-22-23-27-40-70-52-42-46(41-44(2)45(52)3)57(66)63-54(64)38-39-62(59(63)67)58-56(73-74(9,10)60(4,5)6)55(65)53(72-58)43-71-61(47-28-25-24-26-29-47,48-30-34-50(68-7)35-31-48)49-32-36-51(69-8)37-33-49/h24-26,28-39,41-42,53,55-56,58,65H,11-23,27,40,43H2,1-10H3/t53-,55?,56+,58-/m1/s1. The summed E-state index contributed by atoms with van der Waals surface area (Å²) in [5.41, 5.74) is 1.22. The molecule has 1 aliphatic heterocycles. The summed E-state index contributed by atoms with van der Waals surface area (Å²) in [7, 11) is 0.536. The second-order valence-corrected chi connectivity index (χ2v) is 26.3. The average molecular weight is 1030 g/mol. The van der Waals surface area contributed by atoms with E-state index in [1.807, 2.05) is 92.7 Å². The first-order chi connectivity index (χ1) is 35.5. The van der Waals surface area contributed by atoms with Crippen molar-refractivity contribution in [3.8, 4) is 17.2 Å². The van der Waals surface area contributed by atoms with Gasteiger partial charge in [-0.15, -0.1) is 0 Å². The first-order valence-electron chi connectivity index (χ1n) is 27.1. The molecule has 4 atom stereocenters. The molecule has 0 radical (unpaired) electrons. The molecule has 0 spiro atoms. The van der Waals surface area contributed by atoms with Crippen molar-refractivity contribution in [1.82, 2.24) is 9.13 Å². The van der Waals surface area contributed by atoms with Crippen LogP contribution in [0.3, 0.4) is 0 Å². The molecule has 0 aliphatic carbocycles. The minimum Gasteiger partial charge on any atom is -0.497 e. The second-order valence-electron chi connectivity index (χ2n) is 21.6. The Labute approximate surface area is 441 Å². The van der Waals surface area contributed by atoms with E-state index < -0.39 is 55.6 Å². The summed E-state index contributed by atoms with van der Waals surface area (Å²) in [4.78, 5) is 43.0. The normalized spacial score (nSPS) is 17.1. The van der Waals surface area contributed by atoms with E-state index in [0.717, 1.165) is 47.1 Å². The minimum absolute atomic E-state index is 0.142. The van der Waals surface area contributed by atoms with Gasteiger partial charge in [-0.1, -0.05) is 166 Å². The molecule has 1 aromatic heterocycles. The molecule has 1 fully saturated rings. The molecule has 0 saturated carbocycles. The summed E-state index contributed by atoms with van der Waals surface area (Å²) in [6.07, 6.45) is 14.3. The Balaban J connectivity index is 1.23. The van der Waals surface area contributed by atoms with Crippen molar-refractivity contribution in [1.29, 1.82) is 0 Å². The SMILES string of the molecule is CCCCCCCCCCCCCCCCOc1cc(C(=O)n2c(=O)ccn([C@@H]3O[C@H](COC(c4ccccc4)(c4ccc(OC)cc4)c4ccc(OC)cc4)C(O)[C@@H]3O[Si](C)(C)C(C)(C)C)c2=O)cc(C)c1C. The smallest absolute Gasteiger partial charge is 0.340 e. The fraction of sp³-hybridized carbons (Fsp3) is 0.525. The lowest BCUT2D eigenvalue weighted by atomic mass is 9.80. The zero-order chi connectivity index (χ0) is 53.5. The van der Waals surface area contributed by atoms with Crippen molar-refractivity contribution >= 4 is 14.2 Å². The number of benzene rings is 4. The maximum absolute atomic E-state index is 14.8. The summed E-state index contributed by atoms with van der Waals surface area (Å²) < 4.78 is 40.0. The number of unbranched alkanes of at least 4 members (excludes halogenated alkanes) is 13. The number of methoxy groups -OCH3 is 2. The molecule has 12 nitrogen and oxygen atoms in total. The van der Waals surface area contributed by atoms with Crippen LogP contribution in [0.15, 0.2) is 113 Å². The maximum Gasteiger partial charge on any atom is 0.340 e. The van der Waals surface area contributed by atoms with Crippen LogP contribution in [0.25, 0.3) is 0 Å². The van der Waals surface area contributed by atoms with Crippen molar-refractivity contribution in [2.45, 2.75) is 180 Å². The van der Waals surface area contributed by atoms with Crippen LogP contribution in [0.1, 0.15) is 162 Å². The maximum atomic E-state index is 14.8. The van der Waals surface area contributed by atoms with E-state index in [1.54, 1.807) is 26.4 Å². The average Bonchev–Trinajstić information content (AvgIpc) is 3.69. The first-order valence-corrected chi connectivity index (χ1v) is 30.0. The van der Waals surface area contributed by atoms with Gasteiger partial charge in [0.25, 0.3) is 11.5 Å². The summed E-state index contributed by atoms with van der Waals surface area (Å²) in [5, 5.41) is 12.1. The number of hydrogen-bond donors (Lipinski definition) is 1. The van der Waals surface area contributed by atoms with Gasteiger partial charge >= 0.3 is 5.69 Å². The largest absolute Gasteiger partial charge is 0.497 e. The predicted molar refractivity (Wildman–Crippen MR) is 297 cm³/mol.